The van der Waals surface area contributed by atoms with Gasteiger partial charge >= 0.3 is 11.9 Å². The predicted octanol–water partition coefficient (Wildman–Crippen LogP) is 2.52. The quantitative estimate of drug-likeness (QED) is 0.101. The molecule has 0 aliphatic carbocycles. The number of carbonyl (C=O) groups excluding carboxylic acids is 1. The molecular weight excluding hydrogens is 488 g/mol. The van der Waals surface area contributed by atoms with E-state index in [1.54, 1.807) is 0 Å². The van der Waals surface area contributed by atoms with Crippen molar-refractivity contribution in [3.63, 3.8) is 0 Å². The highest BCUT2D eigenvalue weighted by Gasteiger charge is 2.22. The van der Waals surface area contributed by atoms with E-state index in [1.165, 1.54) is 60.7 Å². The van der Waals surface area contributed by atoms with Crippen molar-refractivity contribution in [2.24, 2.45) is 0 Å². The van der Waals surface area contributed by atoms with Gasteiger partial charge in [0, 0.05) is 18.1 Å². The van der Waals surface area contributed by atoms with Crippen molar-refractivity contribution in [3.05, 3.63) is 76.9 Å². The van der Waals surface area contributed by atoms with Crippen molar-refractivity contribution in [3.8, 4) is 34.5 Å². The Morgan fingerprint density at radius 1 is 0.757 bits per heavy atom. The van der Waals surface area contributed by atoms with Gasteiger partial charge in [-0.1, -0.05) is 24.3 Å². The van der Waals surface area contributed by atoms with Crippen LogP contribution in [0.2, 0.25) is 0 Å². The zero-order valence-corrected chi connectivity index (χ0v) is 19.1. The lowest BCUT2D eigenvalue weighted by Crippen LogP contribution is -2.28. The summed E-state index contributed by atoms with van der Waals surface area (Å²) in [5, 5.41) is 67.5. The molecule has 1 atom stereocenters. The first-order chi connectivity index (χ1) is 17.0. The lowest BCUT2D eigenvalue weighted by atomic mass is 10.0. The van der Waals surface area contributed by atoms with E-state index in [2.05, 4.69) is 0 Å². The molecule has 0 heterocycles. The molecule has 0 saturated carbocycles. The summed E-state index contributed by atoms with van der Waals surface area (Å²) in [6, 6.07) is 10.4. The molecule has 3 aromatic carbocycles. The second-order valence-electron chi connectivity index (χ2n) is 7.64. The van der Waals surface area contributed by atoms with Gasteiger partial charge in [0.2, 0.25) is 6.10 Å². The van der Waals surface area contributed by atoms with Crippen LogP contribution in [0.4, 0.5) is 0 Å². The number of hydrogen-bond donors (Lipinski definition) is 7. The van der Waals surface area contributed by atoms with Crippen LogP contribution in [0.5, 0.6) is 34.5 Å². The first-order valence-electron chi connectivity index (χ1n) is 10.4. The van der Waals surface area contributed by atoms with E-state index in [9.17, 15) is 45.3 Å². The van der Waals surface area contributed by atoms with Crippen LogP contribution in [0, 0.1) is 0 Å². The van der Waals surface area contributed by atoms with Gasteiger partial charge in [0.15, 0.2) is 34.5 Å². The maximum absolute atomic E-state index is 12.3. The van der Waals surface area contributed by atoms with Gasteiger partial charge in [0.25, 0.3) is 0 Å². The van der Waals surface area contributed by atoms with Gasteiger partial charge in [0.1, 0.15) is 0 Å². The van der Waals surface area contributed by atoms with Crippen LogP contribution >= 0.6 is 0 Å². The smallest absolute Gasteiger partial charge is 0.345 e. The van der Waals surface area contributed by atoms with E-state index in [-0.39, 0.29) is 40.3 Å². The highest BCUT2D eigenvalue weighted by molar-refractivity contribution is 5.91. The van der Waals surface area contributed by atoms with Gasteiger partial charge in [0.05, 0.1) is 0 Å². The maximum atomic E-state index is 12.3. The third kappa shape index (κ3) is 7.16. The van der Waals surface area contributed by atoms with Gasteiger partial charge in [-0.2, -0.15) is 0 Å². The number of phenols is 6. The third-order valence-corrected chi connectivity index (χ3v) is 5.07. The molecule has 11 heteroatoms. The summed E-state index contributed by atoms with van der Waals surface area (Å²) in [4.78, 5) is 23.9. The van der Waals surface area contributed by atoms with Gasteiger partial charge in [-0.05, 0) is 59.2 Å². The average molecular weight is 512 g/mol. The van der Waals surface area contributed by atoms with Gasteiger partial charge in [-0.15, -0.1) is 0 Å². The molecule has 11 nitrogen and oxygen atoms in total. The number of ether oxygens (including phenoxy) is 1. The number of carboxylic acids is 1. The average Bonchev–Trinajstić information content (AvgIpc) is 2.83. The molecule has 194 valence electrons. The number of aliphatic carboxylic acids is 1. The lowest BCUT2D eigenvalue weighted by molar-refractivity contribution is -0.160. The zero-order chi connectivity index (χ0) is 26.4. The van der Waals surface area contributed by atoms with E-state index >= 15 is 0 Å². The summed E-state index contributed by atoms with van der Waals surface area (Å²) in [5.74, 6) is -4.82. The predicted molar refractivity (Wildman–Crippen MR) is 132 cm³/mol. The van der Waals surface area contributed by atoms with Gasteiger partial charge < -0.3 is 46.0 Å². The van der Waals surface area contributed by atoms with E-state index in [1.807, 2.05) is 0 Å². The van der Waals surface area contributed by atoms with Crippen LogP contribution in [-0.4, -0.2) is 59.3 Å². The summed E-state index contributed by atoms with van der Waals surface area (Å²) >= 11 is 0. The Morgan fingerprint density at radius 2 is 1.38 bits per heavy atom. The standard InChI is InChI=1S/C26H22O10.H2O/c27-18-7-2-14(11-21(18)30)1-6-17-16(4-9-20(29)25(17)33)5-10-24(32)36-23(26(34)35)13-15-3-8-19(28)22(31)12-15;/h1-12,23,27-31,33H,13H2,(H,34,35);1H2/b6-1+,10-5+;/t23-;/m1./s1. The van der Waals surface area contributed by atoms with Crippen molar-refractivity contribution in [1.82, 2.24) is 0 Å². The number of aromatic hydroxyl groups is 6. The normalized spacial score (nSPS) is 11.8. The Morgan fingerprint density at radius 3 is 2.00 bits per heavy atom. The maximum Gasteiger partial charge on any atom is 0.345 e. The largest absolute Gasteiger partial charge is 0.504 e. The lowest BCUT2D eigenvalue weighted by Gasteiger charge is -2.13. The molecule has 0 aliphatic rings. The molecule has 0 amide bonds. The summed E-state index contributed by atoms with van der Waals surface area (Å²) in [5.41, 5.74) is 1.16. The van der Waals surface area contributed by atoms with Crippen molar-refractivity contribution in [2.75, 3.05) is 0 Å². The summed E-state index contributed by atoms with van der Waals surface area (Å²) in [7, 11) is 0. The molecule has 0 aliphatic heterocycles. The highest BCUT2D eigenvalue weighted by atomic mass is 16.6. The minimum Gasteiger partial charge on any atom is -0.504 e. The van der Waals surface area contributed by atoms with Crippen LogP contribution in [0.3, 0.4) is 0 Å². The number of phenolic OH excluding ortho intramolecular Hbond substituents is 6. The first kappa shape index (κ1) is 28.1. The number of hydrogen-bond acceptors (Lipinski definition) is 9. The van der Waals surface area contributed by atoms with Crippen LogP contribution in [0.15, 0.2) is 54.6 Å². The van der Waals surface area contributed by atoms with Crippen LogP contribution in [0.1, 0.15) is 22.3 Å². The molecule has 0 saturated heterocycles. The third-order valence-electron chi connectivity index (χ3n) is 5.07. The van der Waals surface area contributed by atoms with Crippen molar-refractivity contribution >= 4 is 30.2 Å². The molecule has 0 aromatic heterocycles. The Labute approximate surface area is 210 Å². The molecular formula is C26H24O11. The van der Waals surface area contributed by atoms with Gasteiger partial charge in [-0.3, -0.25) is 0 Å². The Balaban J connectivity index is 0.00000481. The van der Waals surface area contributed by atoms with E-state index in [0.29, 0.717) is 11.1 Å². The number of benzene rings is 3. The van der Waals surface area contributed by atoms with Crippen molar-refractivity contribution < 1.29 is 55.5 Å². The van der Waals surface area contributed by atoms with E-state index < -0.39 is 35.3 Å². The van der Waals surface area contributed by atoms with Crippen molar-refractivity contribution in [2.45, 2.75) is 12.5 Å². The summed E-state index contributed by atoms with van der Waals surface area (Å²) in [6.07, 6.45) is 3.23. The number of rotatable bonds is 8. The Bertz CT molecular complexity index is 1360. The molecule has 0 radical (unpaired) electrons. The van der Waals surface area contributed by atoms with Crippen LogP contribution in [-0.2, 0) is 20.7 Å². The molecule has 3 rings (SSSR count). The molecule has 3 aromatic rings. The van der Waals surface area contributed by atoms with Crippen LogP contribution in [0.25, 0.3) is 18.2 Å². The molecule has 0 spiro atoms. The van der Waals surface area contributed by atoms with Gasteiger partial charge in [-0.25, -0.2) is 9.59 Å². The minimum absolute atomic E-state index is 0. The molecule has 37 heavy (non-hydrogen) atoms. The minimum atomic E-state index is -1.58. The molecule has 9 N–H and O–H groups in total. The zero-order valence-electron chi connectivity index (χ0n) is 19.1. The fourth-order valence-corrected chi connectivity index (χ4v) is 3.18. The fraction of sp³-hybridized carbons (Fsp3) is 0.0769. The number of carbonyl (C=O) groups is 2. The topological polar surface area (TPSA) is 216 Å². The first-order valence-corrected chi connectivity index (χ1v) is 10.4. The second kappa shape index (κ2) is 12.0. The van der Waals surface area contributed by atoms with Crippen LogP contribution < -0.4 is 0 Å². The van der Waals surface area contributed by atoms with Crippen molar-refractivity contribution in [1.29, 1.82) is 0 Å². The monoisotopic (exact) mass is 512 g/mol. The number of carboxylic acid groups (broad SMARTS) is 1. The Hall–Kier alpha value is -5.16. The fourth-order valence-electron chi connectivity index (χ4n) is 3.18. The van der Waals surface area contributed by atoms with E-state index in [0.717, 1.165) is 12.1 Å². The highest BCUT2D eigenvalue weighted by Crippen LogP contribution is 2.34. The second-order valence-corrected chi connectivity index (χ2v) is 7.64. The molecule has 0 fully saturated rings. The molecule has 0 bridgehead atoms. The Kier molecular flexibility index (Phi) is 9.11. The molecule has 0 unspecified atom stereocenters. The summed E-state index contributed by atoms with van der Waals surface area (Å²) < 4.78 is 5.00. The van der Waals surface area contributed by atoms with E-state index in [4.69, 9.17) is 4.74 Å². The number of esters is 1. The summed E-state index contributed by atoms with van der Waals surface area (Å²) in [6.45, 7) is 0. The SMILES string of the molecule is O.O=C(/C=C/c1ccc(O)c(O)c1/C=C/c1ccc(O)c(O)c1)O[C@H](Cc1ccc(O)c(O)c1)C(=O)O.